The molecule has 3 heteroatoms. The molecule has 0 amide bonds. The van der Waals surface area contributed by atoms with Gasteiger partial charge in [0.05, 0.1) is 7.05 Å². The molecule has 0 heterocycles. The fourth-order valence-electron chi connectivity index (χ4n) is 0.103. The molecule has 3 nitrogen and oxygen atoms in total. The summed E-state index contributed by atoms with van der Waals surface area (Å²) in [5.74, 6) is 0. The van der Waals surface area contributed by atoms with E-state index in [0.29, 0.717) is 0 Å². The minimum absolute atomic E-state index is 1.58. The molecule has 0 fully saturated rings. The van der Waals surface area contributed by atoms with Crippen molar-refractivity contribution in [1.82, 2.24) is 0 Å². The number of hydrogen-bond donors (Lipinski definition) is 0. The molecule has 0 aliphatic rings. The smallest absolute Gasteiger partial charge is 0.0509 e. The van der Waals surface area contributed by atoms with Crippen molar-refractivity contribution in [2.24, 2.45) is 15.4 Å². The molecule has 0 unspecified atom stereocenters. The predicted molar refractivity (Wildman–Crippen MR) is 24.9 cm³/mol. The van der Waals surface area contributed by atoms with E-state index in [9.17, 15) is 0 Å². The molecule has 34 valence electrons. The summed E-state index contributed by atoms with van der Waals surface area (Å²) in [7, 11) is 1.58. The highest BCUT2D eigenvalue weighted by Crippen LogP contribution is 1.65. The average molecular weight is 85.1 g/mol. The molecule has 0 N–H and O–H groups in total. The lowest BCUT2D eigenvalue weighted by molar-refractivity contribution is 1.02. The van der Waals surface area contributed by atoms with Crippen LogP contribution < -0.4 is 0 Å². The molecule has 0 saturated carbocycles. The third-order valence-electron chi connectivity index (χ3n) is 0.257. The van der Waals surface area contributed by atoms with E-state index in [2.05, 4.69) is 15.4 Å². The van der Waals surface area contributed by atoms with Crippen LogP contribution in [0, 0.1) is 0 Å². The highest BCUT2D eigenvalue weighted by molar-refractivity contribution is 5.52. The van der Waals surface area contributed by atoms with Gasteiger partial charge >= 0.3 is 0 Å². The molecular weight excluding hydrogens is 78.1 g/mol. The van der Waals surface area contributed by atoms with Gasteiger partial charge in [-0.1, -0.05) is 5.22 Å². The van der Waals surface area contributed by atoms with Crippen molar-refractivity contribution in [3.8, 4) is 0 Å². The molecule has 0 bridgehead atoms. The van der Waals surface area contributed by atoms with E-state index in [1.165, 1.54) is 0 Å². The quantitative estimate of drug-likeness (QED) is 0.259. The van der Waals surface area contributed by atoms with Gasteiger partial charge in [0, 0.05) is 6.21 Å². The zero-order valence-electron chi connectivity index (χ0n) is 3.92. The van der Waals surface area contributed by atoms with E-state index in [-0.39, 0.29) is 0 Å². The molecule has 0 aliphatic carbocycles. The summed E-state index contributed by atoms with van der Waals surface area (Å²) < 4.78 is 0. The van der Waals surface area contributed by atoms with E-state index in [1.807, 2.05) is 0 Å². The largest absolute Gasteiger partial charge is 0.172 e. The van der Waals surface area contributed by atoms with E-state index >= 15 is 0 Å². The Morgan fingerprint density at radius 2 is 2.17 bits per heavy atom. The first-order chi connectivity index (χ1) is 2.91. The minimum atomic E-state index is 1.58. The Morgan fingerprint density at radius 1 is 1.50 bits per heavy atom. The standard InChI is InChI=1S/C3H7N3/c1-3-5-6-4-2/h3H,1-2H3. The van der Waals surface area contributed by atoms with Gasteiger partial charge in [-0.15, -0.1) is 5.10 Å². The van der Waals surface area contributed by atoms with Crippen molar-refractivity contribution in [2.75, 3.05) is 7.05 Å². The normalized spacial score (nSPS) is 11.7. The van der Waals surface area contributed by atoms with Crippen molar-refractivity contribution in [2.45, 2.75) is 6.92 Å². The van der Waals surface area contributed by atoms with E-state index in [1.54, 1.807) is 20.2 Å². The predicted octanol–water partition coefficient (Wildman–Crippen LogP) is 1.07. The first-order valence-corrected chi connectivity index (χ1v) is 1.68. The summed E-state index contributed by atoms with van der Waals surface area (Å²) >= 11 is 0. The van der Waals surface area contributed by atoms with Crippen LogP contribution in [-0.2, 0) is 0 Å². The Bertz CT molecular complexity index is 54.4. The maximum Gasteiger partial charge on any atom is 0.0509 e. The second-order valence-corrected chi connectivity index (χ2v) is 0.663. The zero-order chi connectivity index (χ0) is 4.83. The molecule has 0 aliphatic heterocycles. The number of hydrogen-bond acceptors (Lipinski definition) is 2. The molecule has 0 radical (unpaired) electrons. The second-order valence-electron chi connectivity index (χ2n) is 0.663. The molecule has 0 spiro atoms. The topological polar surface area (TPSA) is 37.1 Å². The van der Waals surface area contributed by atoms with Crippen LogP contribution in [0.15, 0.2) is 15.4 Å². The van der Waals surface area contributed by atoms with Gasteiger partial charge in [-0.3, -0.25) is 0 Å². The van der Waals surface area contributed by atoms with Crippen LogP contribution in [0.1, 0.15) is 6.92 Å². The lowest BCUT2D eigenvalue weighted by Gasteiger charge is -1.63. The third kappa shape index (κ3) is 3.27. The summed E-state index contributed by atoms with van der Waals surface area (Å²) in [4.78, 5) is 0. The Morgan fingerprint density at radius 3 is 2.33 bits per heavy atom. The first-order valence-electron chi connectivity index (χ1n) is 1.68. The van der Waals surface area contributed by atoms with Gasteiger partial charge in [0.2, 0.25) is 0 Å². The van der Waals surface area contributed by atoms with Crippen LogP contribution in [0.25, 0.3) is 0 Å². The summed E-state index contributed by atoms with van der Waals surface area (Å²) in [5, 5.41) is 10.1. The first kappa shape index (κ1) is 5.27. The van der Waals surface area contributed by atoms with E-state index in [4.69, 9.17) is 0 Å². The summed E-state index contributed by atoms with van der Waals surface area (Å²) in [5.41, 5.74) is 0. The van der Waals surface area contributed by atoms with E-state index < -0.39 is 0 Å². The highest BCUT2D eigenvalue weighted by atomic mass is 15.3. The maximum absolute atomic E-state index is 3.42. The van der Waals surface area contributed by atoms with Crippen LogP contribution in [0.3, 0.4) is 0 Å². The molecule has 0 atom stereocenters. The summed E-state index contributed by atoms with van der Waals surface area (Å²) in [6.07, 6.45) is 1.58. The second kappa shape index (κ2) is 4.27. The summed E-state index contributed by atoms with van der Waals surface area (Å²) in [6.45, 7) is 1.79. The SMILES string of the molecule is CC=NN=NC. The lowest BCUT2D eigenvalue weighted by atomic mass is 10.9. The van der Waals surface area contributed by atoms with Crippen LogP contribution in [0.2, 0.25) is 0 Å². The number of nitrogens with zero attached hydrogens (tertiary/aromatic N) is 3. The van der Waals surface area contributed by atoms with Gasteiger partial charge in [0.1, 0.15) is 0 Å². The molecule has 6 heavy (non-hydrogen) atoms. The highest BCUT2D eigenvalue weighted by Gasteiger charge is 1.48. The van der Waals surface area contributed by atoms with Crippen LogP contribution in [0.5, 0.6) is 0 Å². The Hall–Kier alpha value is -0.730. The fourth-order valence-corrected chi connectivity index (χ4v) is 0.103. The Balaban J connectivity index is 3.07. The van der Waals surface area contributed by atoms with Crippen molar-refractivity contribution in [3.63, 3.8) is 0 Å². The third-order valence-corrected chi connectivity index (χ3v) is 0.257. The molecule has 0 aromatic heterocycles. The monoisotopic (exact) mass is 85.1 g/mol. The Kier molecular flexibility index (Phi) is 3.75. The fraction of sp³-hybridized carbons (Fsp3) is 0.667. The van der Waals surface area contributed by atoms with Gasteiger partial charge in [-0.2, -0.15) is 5.11 Å². The van der Waals surface area contributed by atoms with Gasteiger partial charge in [0.25, 0.3) is 0 Å². The van der Waals surface area contributed by atoms with Crippen LogP contribution >= 0.6 is 0 Å². The maximum atomic E-state index is 3.42. The molecule has 0 rings (SSSR count). The van der Waals surface area contributed by atoms with Crippen molar-refractivity contribution in [1.29, 1.82) is 0 Å². The molecule has 0 saturated heterocycles. The van der Waals surface area contributed by atoms with Crippen molar-refractivity contribution >= 4 is 6.21 Å². The molecular formula is C3H7N3. The van der Waals surface area contributed by atoms with Crippen LogP contribution in [0.4, 0.5) is 0 Å². The average Bonchev–Trinajstić information content (AvgIpc) is 1.61. The molecule has 0 aromatic rings. The van der Waals surface area contributed by atoms with Crippen molar-refractivity contribution < 1.29 is 0 Å². The van der Waals surface area contributed by atoms with Gasteiger partial charge in [-0.25, -0.2) is 0 Å². The van der Waals surface area contributed by atoms with Crippen molar-refractivity contribution in [3.05, 3.63) is 0 Å². The van der Waals surface area contributed by atoms with Gasteiger partial charge < -0.3 is 0 Å². The van der Waals surface area contributed by atoms with Crippen LogP contribution in [-0.4, -0.2) is 13.3 Å². The number of rotatable bonds is 1. The Labute approximate surface area is 36.8 Å². The van der Waals surface area contributed by atoms with Gasteiger partial charge in [-0.05, 0) is 6.92 Å². The lowest BCUT2D eigenvalue weighted by Crippen LogP contribution is -1.50. The zero-order valence-corrected chi connectivity index (χ0v) is 3.92. The minimum Gasteiger partial charge on any atom is -0.172 e. The molecule has 0 aromatic carbocycles. The summed E-state index contributed by atoms with van der Waals surface area (Å²) in [6, 6.07) is 0. The van der Waals surface area contributed by atoms with E-state index in [0.717, 1.165) is 0 Å². The van der Waals surface area contributed by atoms with Gasteiger partial charge in [0.15, 0.2) is 0 Å².